The zero-order valence-corrected chi connectivity index (χ0v) is 10.9. The Labute approximate surface area is 149 Å². The number of rotatable bonds is 3. The summed E-state index contributed by atoms with van der Waals surface area (Å²) in [5.74, 6) is -3.47. The van der Waals surface area contributed by atoms with E-state index in [1.165, 1.54) is 24.3 Å². The number of benzene rings is 1. The summed E-state index contributed by atoms with van der Waals surface area (Å²) in [6, 6.07) is 5.42. The van der Waals surface area contributed by atoms with Crippen LogP contribution < -0.4 is 11.2 Å². The number of aromatic nitrogens is 2. The molecule has 0 fully saturated rings. The molecule has 1 heterocycles. The summed E-state index contributed by atoms with van der Waals surface area (Å²) in [5, 5.41) is 18.5. The van der Waals surface area contributed by atoms with Crippen LogP contribution in [0.3, 0.4) is 0 Å². The van der Waals surface area contributed by atoms with Crippen LogP contribution in [0, 0.1) is 0 Å². The minimum absolute atomic E-state index is 0. The van der Waals surface area contributed by atoms with E-state index in [4.69, 9.17) is 21.8 Å². The molecule has 22 heavy (non-hydrogen) atoms. The summed E-state index contributed by atoms with van der Waals surface area (Å²) in [6.07, 6.45) is 0. The second-order valence-corrected chi connectivity index (χ2v) is 4.34. The Morgan fingerprint density at radius 2 is 1.59 bits per heavy atom. The van der Waals surface area contributed by atoms with Crippen LogP contribution in [-0.4, -0.2) is 61.3 Å². The number of nitrogens with zero attached hydrogens (tertiary/aromatic N) is 1. The third-order valence-electron chi connectivity index (χ3n) is 2.61. The predicted octanol–water partition coefficient (Wildman–Crippen LogP) is -0.0729. The van der Waals surface area contributed by atoms with Crippen LogP contribution in [-0.2, 0) is 0 Å². The van der Waals surface area contributed by atoms with E-state index in [0.717, 1.165) is 0 Å². The summed E-state index contributed by atoms with van der Waals surface area (Å²) < 4.78 is 0.587. The van der Waals surface area contributed by atoms with E-state index in [9.17, 15) is 19.2 Å². The van der Waals surface area contributed by atoms with Crippen LogP contribution in [0.15, 0.2) is 33.9 Å². The van der Waals surface area contributed by atoms with Crippen LogP contribution in [0.5, 0.6) is 0 Å². The van der Waals surface area contributed by atoms with Gasteiger partial charge in [0.25, 0.3) is 5.56 Å². The Bertz CT molecular complexity index is 855. The molecule has 0 spiro atoms. The molecule has 0 aliphatic carbocycles. The van der Waals surface area contributed by atoms with Crippen LogP contribution in [0.25, 0.3) is 5.69 Å². The zero-order chi connectivity index (χ0) is 15.7. The Kier molecular flexibility index (Phi) is 5.72. The second kappa shape index (κ2) is 6.93. The van der Waals surface area contributed by atoms with Gasteiger partial charge >= 0.3 is 47.2 Å². The molecule has 0 saturated carbocycles. The first kappa shape index (κ1) is 18.2. The van der Waals surface area contributed by atoms with Gasteiger partial charge in [-0.2, -0.15) is 0 Å². The first-order valence-electron chi connectivity index (χ1n) is 5.44. The Balaban J connectivity index is 0.00000242. The van der Waals surface area contributed by atoms with E-state index < -0.39 is 34.4 Å². The van der Waals surface area contributed by atoms with Gasteiger partial charge in [0.1, 0.15) is 0 Å². The van der Waals surface area contributed by atoms with Gasteiger partial charge in [-0.25, -0.2) is 14.4 Å². The number of nitrogens with one attached hydrogen (secondary N) is 1. The molecular weight excluding hydrogens is 327 g/mol. The van der Waals surface area contributed by atoms with E-state index in [2.05, 4.69) is 0 Å². The zero-order valence-electron chi connectivity index (χ0n) is 10.2. The van der Waals surface area contributed by atoms with Crippen LogP contribution in [0.1, 0.15) is 20.8 Å². The van der Waals surface area contributed by atoms with Gasteiger partial charge in [0.2, 0.25) is 0 Å². The summed E-state index contributed by atoms with van der Waals surface area (Å²) in [4.78, 5) is 47.5. The molecule has 3 N–H and O–H groups in total. The van der Waals surface area contributed by atoms with E-state index >= 15 is 0 Å². The second-order valence-electron chi connectivity index (χ2n) is 3.91. The summed E-state index contributed by atoms with van der Waals surface area (Å²) in [7, 11) is 0. The van der Waals surface area contributed by atoms with Gasteiger partial charge in [0, 0.05) is 5.02 Å². The van der Waals surface area contributed by atoms with Crippen molar-refractivity contribution in [1.29, 1.82) is 0 Å². The van der Waals surface area contributed by atoms with Crippen molar-refractivity contribution in [3.8, 4) is 5.69 Å². The van der Waals surface area contributed by atoms with Gasteiger partial charge in [-0.1, -0.05) is 11.6 Å². The number of halogens is 1. The molecular formula is C12H8ClN2NaO6. The Morgan fingerprint density at radius 3 is 2.05 bits per heavy atom. The van der Waals surface area contributed by atoms with Crippen molar-refractivity contribution in [2.24, 2.45) is 0 Å². The number of carboxylic acid groups (broad SMARTS) is 2. The quantitative estimate of drug-likeness (QED) is 0.674. The molecule has 2 rings (SSSR count). The van der Waals surface area contributed by atoms with Crippen molar-refractivity contribution in [3.05, 3.63) is 61.4 Å². The fourth-order valence-corrected chi connectivity index (χ4v) is 1.90. The molecule has 1 aromatic carbocycles. The van der Waals surface area contributed by atoms with Gasteiger partial charge in [0.05, 0.1) is 5.69 Å². The van der Waals surface area contributed by atoms with Crippen molar-refractivity contribution < 1.29 is 19.8 Å². The molecule has 0 saturated heterocycles. The van der Waals surface area contributed by atoms with E-state index in [0.29, 0.717) is 9.59 Å². The topological polar surface area (TPSA) is 129 Å². The number of aromatic carboxylic acids is 2. The maximum absolute atomic E-state index is 11.8. The molecule has 110 valence electrons. The Hall–Kier alpha value is -1.87. The van der Waals surface area contributed by atoms with Gasteiger partial charge in [0.15, 0.2) is 11.3 Å². The van der Waals surface area contributed by atoms with E-state index in [-0.39, 0.29) is 35.2 Å². The minimum atomic E-state index is -1.75. The number of carboxylic acids is 2. The fourth-order valence-electron chi connectivity index (χ4n) is 1.77. The van der Waals surface area contributed by atoms with Crippen LogP contribution >= 0.6 is 11.6 Å². The maximum atomic E-state index is 11.8. The van der Waals surface area contributed by atoms with Crippen molar-refractivity contribution >= 4 is 53.1 Å². The van der Waals surface area contributed by atoms with Gasteiger partial charge in [-0.3, -0.25) is 14.3 Å². The first-order chi connectivity index (χ1) is 9.82. The molecule has 0 bridgehead atoms. The fraction of sp³-hybridized carbons (Fsp3) is 0. The van der Waals surface area contributed by atoms with Crippen LogP contribution in [0.2, 0.25) is 5.02 Å². The molecule has 0 unspecified atom stereocenters. The molecule has 8 nitrogen and oxygen atoms in total. The average Bonchev–Trinajstić information content (AvgIpc) is 2.38. The third-order valence-corrected chi connectivity index (χ3v) is 2.86. The predicted molar refractivity (Wildman–Crippen MR) is 78.7 cm³/mol. The summed E-state index contributed by atoms with van der Waals surface area (Å²) in [6.45, 7) is 0. The molecule has 0 aliphatic heterocycles. The standard InChI is InChI=1S/C12H7ClN2O6.Na.H/c13-5-1-3-6(4-2-5)15-8(11(19)20)7(10(17)18)9(16)14-12(15)21;;/h1-4H,(H,17,18)(H,19,20)(H,14,16,21);;. The molecule has 0 atom stereocenters. The molecule has 1 aromatic heterocycles. The average molecular weight is 335 g/mol. The van der Waals surface area contributed by atoms with E-state index in [1.54, 1.807) is 4.98 Å². The van der Waals surface area contributed by atoms with Crippen molar-refractivity contribution in [2.75, 3.05) is 0 Å². The summed E-state index contributed by atoms with van der Waals surface area (Å²) in [5.41, 5.74) is -4.25. The number of carbonyl (C=O) groups is 2. The first-order valence-corrected chi connectivity index (χ1v) is 5.82. The SMILES string of the molecule is O=C(O)c1c(C(=O)O)n(-c2ccc(Cl)cc2)c(=O)[nH]c1=O.[NaH]. The van der Waals surface area contributed by atoms with E-state index in [1.807, 2.05) is 0 Å². The normalized spacial score (nSPS) is 9.86. The van der Waals surface area contributed by atoms with Crippen LogP contribution in [0.4, 0.5) is 0 Å². The number of hydrogen-bond donors (Lipinski definition) is 3. The van der Waals surface area contributed by atoms with Gasteiger partial charge in [-0.05, 0) is 24.3 Å². The monoisotopic (exact) mass is 334 g/mol. The molecule has 2 aromatic rings. The van der Waals surface area contributed by atoms with Crippen molar-refractivity contribution in [2.45, 2.75) is 0 Å². The number of hydrogen-bond acceptors (Lipinski definition) is 4. The third kappa shape index (κ3) is 3.30. The number of H-pyrrole nitrogens is 1. The molecule has 0 amide bonds. The van der Waals surface area contributed by atoms with Gasteiger partial charge < -0.3 is 10.2 Å². The molecule has 0 radical (unpaired) electrons. The van der Waals surface area contributed by atoms with Crippen molar-refractivity contribution in [3.63, 3.8) is 0 Å². The molecule has 0 aliphatic rings. The van der Waals surface area contributed by atoms with Gasteiger partial charge in [-0.15, -0.1) is 0 Å². The summed E-state index contributed by atoms with van der Waals surface area (Å²) >= 11 is 5.69. The molecule has 10 heteroatoms. The Morgan fingerprint density at radius 1 is 1.05 bits per heavy atom. The van der Waals surface area contributed by atoms with Crippen molar-refractivity contribution in [1.82, 2.24) is 9.55 Å². The number of aromatic amines is 1.